The van der Waals surface area contributed by atoms with Crippen molar-refractivity contribution < 1.29 is 9.18 Å². The van der Waals surface area contributed by atoms with Crippen LogP contribution in [0.25, 0.3) is 11.0 Å². The highest BCUT2D eigenvalue weighted by Gasteiger charge is 2.31. The van der Waals surface area contributed by atoms with Gasteiger partial charge in [0.25, 0.3) is 0 Å². The fraction of sp³-hybridized carbons (Fsp3) is 0.429. The van der Waals surface area contributed by atoms with Crippen LogP contribution in [0.5, 0.6) is 0 Å². The van der Waals surface area contributed by atoms with Crippen molar-refractivity contribution in [2.45, 2.75) is 32.4 Å². The first-order chi connectivity index (χ1) is 14.9. The van der Waals surface area contributed by atoms with Crippen LogP contribution in [0.15, 0.2) is 24.4 Å². The molecule has 0 spiro atoms. The number of piperazine rings is 1. The number of hydrogen-bond donors (Lipinski definition) is 2. The molecule has 2 aliphatic rings. The summed E-state index contributed by atoms with van der Waals surface area (Å²) < 4.78 is 14.5. The van der Waals surface area contributed by atoms with Crippen LogP contribution in [-0.4, -0.2) is 57.7 Å². The van der Waals surface area contributed by atoms with Gasteiger partial charge in [-0.25, -0.2) is 14.2 Å². The molecule has 0 aliphatic carbocycles. The molecule has 10 heteroatoms. The number of urea groups is 1. The molecule has 2 N–H and O–H groups in total. The lowest BCUT2D eigenvalue weighted by molar-refractivity contribution is 0.257. The molecule has 162 valence electrons. The van der Waals surface area contributed by atoms with Gasteiger partial charge in [-0.3, -0.25) is 4.90 Å². The standard InChI is InChI=1S/C21H25FN8O/c1-12-10-29(11-13(2)24-12)19-4-6-23-20-14(19)5-7-30(20)21(31)25-16-9-18-17(8-15(16)22)26-28(3)27-18/h4,6,8-9,12-13,24H,5,7,10-11H2,1-3H3,(H,25,31)/t12-,13+. The lowest BCUT2D eigenvalue weighted by Crippen LogP contribution is -2.54. The van der Waals surface area contributed by atoms with E-state index >= 15 is 0 Å². The molecule has 3 aromatic rings. The predicted molar refractivity (Wildman–Crippen MR) is 117 cm³/mol. The van der Waals surface area contributed by atoms with E-state index in [9.17, 15) is 9.18 Å². The van der Waals surface area contributed by atoms with Crippen molar-refractivity contribution in [1.82, 2.24) is 25.3 Å². The molecule has 0 saturated carbocycles. The summed E-state index contributed by atoms with van der Waals surface area (Å²) >= 11 is 0. The van der Waals surface area contributed by atoms with Gasteiger partial charge in [0.2, 0.25) is 0 Å². The smallest absolute Gasteiger partial charge is 0.327 e. The predicted octanol–water partition coefficient (Wildman–Crippen LogP) is 2.28. The number of fused-ring (bicyclic) bond motifs is 2. The molecule has 1 aromatic carbocycles. The van der Waals surface area contributed by atoms with Gasteiger partial charge in [-0.2, -0.15) is 15.0 Å². The fourth-order valence-corrected chi connectivity index (χ4v) is 4.62. The van der Waals surface area contributed by atoms with Crippen molar-refractivity contribution in [1.29, 1.82) is 0 Å². The van der Waals surface area contributed by atoms with E-state index in [0.29, 0.717) is 41.9 Å². The van der Waals surface area contributed by atoms with E-state index < -0.39 is 11.8 Å². The number of benzene rings is 1. The van der Waals surface area contributed by atoms with E-state index in [1.54, 1.807) is 18.1 Å². The van der Waals surface area contributed by atoms with Crippen molar-refractivity contribution >= 4 is 34.3 Å². The van der Waals surface area contributed by atoms with Crippen molar-refractivity contribution in [3.63, 3.8) is 0 Å². The second-order valence-electron chi connectivity index (χ2n) is 8.35. The molecule has 0 bridgehead atoms. The first-order valence-corrected chi connectivity index (χ1v) is 10.5. The Labute approximate surface area is 179 Å². The summed E-state index contributed by atoms with van der Waals surface area (Å²) in [5, 5.41) is 14.5. The highest BCUT2D eigenvalue weighted by molar-refractivity contribution is 6.03. The lowest BCUT2D eigenvalue weighted by atomic mass is 10.1. The topological polar surface area (TPSA) is 91.2 Å². The van der Waals surface area contributed by atoms with Gasteiger partial charge in [-0.05, 0) is 32.4 Å². The number of aryl methyl sites for hydroxylation is 1. The van der Waals surface area contributed by atoms with E-state index in [-0.39, 0.29) is 5.69 Å². The summed E-state index contributed by atoms with van der Waals surface area (Å²) in [6.07, 6.45) is 2.45. The van der Waals surface area contributed by atoms with E-state index in [1.165, 1.54) is 16.9 Å². The van der Waals surface area contributed by atoms with Gasteiger partial charge in [0.1, 0.15) is 22.7 Å². The van der Waals surface area contributed by atoms with Crippen LogP contribution in [0.4, 0.5) is 26.4 Å². The maximum Gasteiger partial charge on any atom is 0.327 e. The minimum absolute atomic E-state index is 0.0763. The number of amides is 2. The zero-order valence-electron chi connectivity index (χ0n) is 17.8. The quantitative estimate of drug-likeness (QED) is 0.656. The maximum absolute atomic E-state index is 14.5. The Hall–Kier alpha value is -3.27. The molecule has 9 nitrogen and oxygen atoms in total. The zero-order valence-corrected chi connectivity index (χ0v) is 17.8. The minimum atomic E-state index is -0.550. The third kappa shape index (κ3) is 3.56. The van der Waals surface area contributed by atoms with Crippen molar-refractivity contribution in [2.24, 2.45) is 7.05 Å². The number of anilines is 3. The Morgan fingerprint density at radius 1 is 1.19 bits per heavy atom. The second kappa shape index (κ2) is 7.45. The largest absolute Gasteiger partial charge is 0.368 e. The van der Waals surface area contributed by atoms with Crippen LogP contribution >= 0.6 is 0 Å². The molecule has 2 aliphatic heterocycles. The highest BCUT2D eigenvalue weighted by Crippen LogP contribution is 2.35. The molecular formula is C21H25FN8O. The number of carbonyl (C=O) groups excluding carboxylic acids is 1. The lowest BCUT2D eigenvalue weighted by Gasteiger charge is -2.38. The summed E-state index contributed by atoms with van der Waals surface area (Å²) in [6, 6.07) is 5.15. The molecule has 31 heavy (non-hydrogen) atoms. The number of hydrogen-bond acceptors (Lipinski definition) is 6. The highest BCUT2D eigenvalue weighted by atomic mass is 19.1. The van der Waals surface area contributed by atoms with Gasteiger partial charge in [-0.15, -0.1) is 0 Å². The van der Waals surface area contributed by atoms with E-state index in [2.05, 4.69) is 44.6 Å². The molecule has 0 unspecified atom stereocenters. The Morgan fingerprint density at radius 3 is 2.65 bits per heavy atom. The zero-order chi connectivity index (χ0) is 21.7. The molecule has 0 radical (unpaired) electrons. The number of rotatable bonds is 2. The molecule has 2 atom stereocenters. The van der Waals surface area contributed by atoms with Crippen LogP contribution in [0.1, 0.15) is 19.4 Å². The molecule has 2 amide bonds. The first kappa shape index (κ1) is 19.7. The molecule has 2 aromatic heterocycles. The van der Waals surface area contributed by atoms with Crippen LogP contribution in [0.2, 0.25) is 0 Å². The van der Waals surface area contributed by atoms with Crippen molar-refractivity contribution in [3.8, 4) is 0 Å². The average molecular weight is 424 g/mol. The number of pyridine rings is 1. The second-order valence-corrected chi connectivity index (χ2v) is 8.35. The number of nitrogens with zero attached hydrogens (tertiary/aromatic N) is 6. The Morgan fingerprint density at radius 2 is 1.90 bits per heavy atom. The third-order valence-corrected chi connectivity index (χ3v) is 5.80. The molecule has 1 saturated heterocycles. The van der Waals surface area contributed by atoms with E-state index in [0.717, 1.165) is 24.3 Å². The van der Waals surface area contributed by atoms with Crippen LogP contribution in [0.3, 0.4) is 0 Å². The first-order valence-electron chi connectivity index (χ1n) is 10.5. The summed E-state index contributed by atoms with van der Waals surface area (Å²) in [4.78, 5) is 22.8. The van der Waals surface area contributed by atoms with Gasteiger partial charge in [0.15, 0.2) is 0 Å². The number of nitrogens with one attached hydrogen (secondary N) is 2. The summed E-state index contributed by atoms with van der Waals surface area (Å²) in [5.74, 6) is 0.0844. The van der Waals surface area contributed by atoms with Gasteiger partial charge in [0, 0.05) is 62.3 Å². The summed E-state index contributed by atoms with van der Waals surface area (Å²) in [7, 11) is 1.67. The number of carbonyl (C=O) groups is 1. The summed E-state index contributed by atoms with van der Waals surface area (Å²) in [6.45, 7) is 6.64. The van der Waals surface area contributed by atoms with Gasteiger partial charge in [-0.1, -0.05) is 0 Å². The minimum Gasteiger partial charge on any atom is -0.368 e. The van der Waals surface area contributed by atoms with Gasteiger partial charge in [0.05, 0.1) is 5.69 Å². The molecule has 5 rings (SSSR count). The fourth-order valence-electron chi connectivity index (χ4n) is 4.62. The van der Waals surface area contributed by atoms with E-state index in [1.807, 2.05) is 6.07 Å². The Bertz CT molecular complexity index is 1150. The van der Waals surface area contributed by atoms with Crippen molar-refractivity contribution in [3.05, 3.63) is 35.8 Å². The monoisotopic (exact) mass is 424 g/mol. The van der Waals surface area contributed by atoms with Crippen LogP contribution in [-0.2, 0) is 13.5 Å². The average Bonchev–Trinajstić information content (AvgIpc) is 3.29. The van der Waals surface area contributed by atoms with Gasteiger partial charge < -0.3 is 15.5 Å². The number of halogens is 1. The normalized spacial score (nSPS) is 20.9. The SMILES string of the molecule is C[C@@H]1CN(c2ccnc3c2CCN3C(=O)Nc2cc3nn(C)nc3cc2F)C[C@H](C)N1. The van der Waals surface area contributed by atoms with Crippen LogP contribution < -0.4 is 20.4 Å². The maximum atomic E-state index is 14.5. The number of aromatic nitrogens is 4. The molecular weight excluding hydrogens is 399 g/mol. The Balaban J connectivity index is 1.40. The molecule has 4 heterocycles. The Kier molecular flexibility index (Phi) is 4.73. The van der Waals surface area contributed by atoms with Crippen molar-refractivity contribution in [2.75, 3.05) is 34.8 Å². The van der Waals surface area contributed by atoms with Crippen LogP contribution in [0, 0.1) is 5.82 Å². The third-order valence-electron chi connectivity index (χ3n) is 5.80. The summed E-state index contributed by atoms with van der Waals surface area (Å²) in [5.41, 5.74) is 3.21. The van der Waals surface area contributed by atoms with E-state index in [4.69, 9.17) is 0 Å². The van der Waals surface area contributed by atoms with Gasteiger partial charge >= 0.3 is 6.03 Å². The molecule has 1 fully saturated rings.